The number of anilines is 2. The van der Waals surface area contributed by atoms with Gasteiger partial charge in [0, 0.05) is 55.5 Å². The lowest BCUT2D eigenvalue weighted by Gasteiger charge is -2.33. The third kappa shape index (κ3) is 4.93. The molecule has 4 rings (SSSR count). The number of aryl methyl sites for hydroxylation is 2. The Morgan fingerprint density at radius 1 is 1.03 bits per heavy atom. The summed E-state index contributed by atoms with van der Waals surface area (Å²) in [4.78, 5) is 52.2. The lowest BCUT2D eigenvalue weighted by molar-refractivity contribution is -0.384. The van der Waals surface area contributed by atoms with Crippen molar-refractivity contribution in [1.29, 1.82) is 0 Å². The Balaban J connectivity index is 1.31. The highest BCUT2D eigenvalue weighted by molar-refractivity contribution is 6.00. The predicted octanol–water partition coefficient (Wildman–Crippen LogP) is 3.44. The maximum absolute atomic E-state index is 13.1. The molecule has 1 N–H and O–H groups in total. The molecule has 0 unspecified atom stereocenters. The van der Waals surface area contributed by atoms with Crippen LogP contribution < -0.4 is 10.2 Å². The summed E-state index contributed by atoms with van der Waals surface area (Å²) >= 11 is 0. The van der Waals surface area contributed by atoms with Gasteiger partial charge in [0.2, 0.25) is 17.7 Å². The monoisotopic (exact) mass is 464 g/mol. The van der Waals surface area contributed by atoms with Crippen molar-refractivity contribution in [2.75, 3.05) is 29.9 Å². The topological polar surface area (TPSA) is 113 Å². The first-order valence-corrected chi connectivity index (χ1v) is 11.4. The van der Waals surface area contributed by atoms with Gasteiger partial charge >= 0.3 is 0 Å². The Morgan fingerprint density at radius 2 is 1.71 bits per heavy atom. The van der Waals surface area contributed by atoms with Crippen LogP contribution in [0.5, 0.6) is 0 Å². The maximum atomic E-state index is 13.1. The molecule has 2 fully saturated rings. The fourth-order valence-corrected chi connectivity index (χ4v) is 4.60. The molecule has 2 aliphatic rings. The standard InChI is InChI=1S/C25H28N4O5/c1-16-3-5-20(6-4-16)28-15-19(14-23(28)30)25(32)27-11-9-18(10-12-27)24(31)26-22-8-7-21(29(33)34)13-17(22)2/h3-8,13,18-19H,9-12,14-15H2,1-2H3,(H,26,31)/t19-/m1/s1. The first-order valence-electron chi connectivity index (χ1n) is 11.4. The first-order chi connectivity index (χ1) is 16.2. The van der Waals surface area contributed by atoms with E-state index < -0.39 is 4.92 Å². The molecule has 0 aliphatic carbocycles. The van der Waals surface area contributed by atoms with Crippen LogP contribution in [0, 0.1) is 35.8 Å². The van der Waals surface area contributed by atoms with Crippen LogP contribution in [0.1, 0.15) is 30.4 Å². The number of nitro benzene ring substituents is 1. The molecule has 2 aromatic carbocycles. The zero-order valence-electron chi connectivity index (χ0n) is 19.3. The summed E-state index contributed by atoms with van der Waals surface area (Å²) in [6.45, 7) is 5.00. The van der Waals surface area contributed by atoms with Crippen molar-refractivity contribution >= 4 is 34.8 Å². The molecule has 178 valence electrons. The van der Waals surface area contributed by atoms with Crippen molar-refractivity contribution < 1.29 is 19.3 Å². The minimum atomic E-state index is -0.469. The third-order valence-electron chi connectivity index (χ3n) is 6.68. The molecular formula is C25H28N4O5. The predicted molar refractivity (Wildman–Crippen MR) is 127 cm³/mol. The second kappa shape index (κ2) is 9.62. The molecule has 0 spiro atoms. The number of amides is 3. The van der Waals surface area contributed by atoms with Gasteiger partial charge < -0.3 is 15.1 Å². The average molecular weight is 465 g/mol. The number of nitro groups is 1. The normalized spacial score (nSPS) is 18.8. The van der Waals surface area contributed by atoms with Crippen LogP contribution in [0.25, 0.3) is 0 Å². The molecule has 2 heterocycles. The minimum absolute atomic E-state index is 0.0198. The zero-order chi connectivity index (χ0) is 24.4. The Bertz CT molecular complexity index is 1120. The number of hydrogen-bond donors (Lipinski definition) is 1. The molecule has 9 nitrogen and oxygen atoms in total. The molecule has 9 heteroatoms. The van der Waals surface area contributed by atoms with Gasteiger partial charge in [0.15, 0.2) is 0 Å². The number of carbonyl (C=O) groups is 3. The van der Waals surface area contributed by atoms with Gasteiger partial charge in [-0.05, 0) is 50.5 Å². The van der Waals surface area contributed by atoms with Crippen molar-refractivity contribution in [3.8, 4) is 0 Å². The molecule has 0 bridgehead atoms. The fraction of sp³-hybridized carbons (Fsp3) is 0.400. The second-order valence-corrected chi connectivity index (χ2v) is 9.09. The average Bonchev–Trinajstić information content (AvgIpc) is 3.21. The highest BCUT2D eigenvalue weighted by Crippen LogP contribution is 2.29. The van der Waals surface area contributed by atoms with E-state index in [2.05, 4.69) is 5.32 Å². The molecule has 2 saturated heterocycles. The molecule has 2 aliphatic heterocycles. The second-order valence-electron chi connectivity index (χ2n) is 9.09. The van der Waals surface area contributed by atoms with Crippen LogP contribution in [0.2, 0.25) is 0 Å². The van der Waals surface area contributed by atoms with Crippen molar-refractivity contribution in [3.05, 3.63) is 63.7 Å². The summed E-state index contributed by atoms with van der Waals surface area (Å²) in [6.07, 6.45) is 1.27. The van der Waals surface area contributed by atoms with Gasteiger partial charge in [-0.15, -0.1) is 0 Å². The molecule has 0 radical (unpaired) electrons. The van der Waals surface area contributed by atoms with Gasteiger partial charge in [0.25, 0.3) is 5.69 Å². The van der Waals surface area contributed by atoms with Gasteiger partial charge in [-0.3, -0.25) is 24.5 Å². The summed E-state index contributed by atoms with van der Waals surface area (Å²) in [5.74, 6) is -0.844. The summed E-state index contributed by atoms with van der Waals surface area (Å²) in [7, 11) is 0. The number of non-ortho nitro benzene ring substituents is 1. The summed E-state index contributed by atoms with van der Waals surface area (Å²) in [5, 5.41) is 13.8. The largest absolute Gasteiger partial charge is 0.342 e. The Hall–Kier alpha value is -3.75. The van der Waals surface area contributed by atoms with E-state index in [0.717, 1.165) is 11.3 Å². The summed E-state index contributed by atoms with van der Waals surface area (Å²) in [5.41, 5.74) is 3.07. The van der Waals surface area contributed by atoms with Gasteiger partial charge in [0.1, 0.15) is 0 Å². The lowest BCUT2D eigenvalue weighted by Crippen LogP contribution is -2.44. The molecule has 0 saturated carbocycles. The van der Waals surface area contributed by atoms with Gasteiger partial charge in [-0.1, -0.05) is 17.7 Å². The Kier molecular flexibility index (Phi) is 6.63. The van der Waals surface area contributed by atoms with Gasteiger partial charge in [0.05, 0.1) is 10.8 Å². The van der Waals surface area contributed by atoms with Crippen LogP contribution in [-0.4, -0.2) is 47.2 Å². The first kappa shape index (κ1) is 23.4. The molecule has 0 aromatic heterocycles. The Labute approximate surface area is 197 Å². The van der Waals surface area contributed by atoms with Crippen molar-refractivity contribution in [2.45, 2.75) is 33.1 Å². The smallest absolute Gasteiger partial charge is 0.269 e. The fourth-order valence-electron chi connectivity index (χ4n) is 4.60. The quantitative estimate of drug-likeness (QED) is 0.538. The van der Waals surface area contributed by atoms with Gasteiger partial charge in [-0.2, -0.15) is 0 Å². The van der Waals surface area contributed by atoms with Crippen molar-refractivity contribution in [2.24, 2.45) is 11.8 Å². The van der Waals surface area contributed by atoms with Crippen LogP contribution in [0.3, 0.4) is 0 Å². The number of rotatable bonds is 5. The van der Waals surface area contributed by atoms with E-state index in [1.54, 1.807) is 22.8 Å². The van der Waals surface area contributed by atoms with E-state index in [-0.39, 0.29) is 41.7 Å². The highest BCUT2D eigenvalue weighted by Gasteiger charge is 2.38. The highest BCUT2D eigenvalue weighted by atomic mass is 16.6. The number of likely N-dealkylation sites (tertiary alicyclic amines) is 1. The van der Waals surface area contributed by atoms with Crippen molar-refractivity contribution in [1.82, 2.24) is 4.90 Å². The van der Waals surface area contributed by atoms with E-state index in [0.29, 0.717) is 43.7 Å². The lowest BCUT2D eigenvalue weighted by atomic mass is 9.94. The molecule has 1 atom stereocenters. The molecule has 34 heavy (non-hydrogen) atoms. The number of benzene rings is 2. The van der Waals surface area contributed by atoms with E-state index in [9.17, 15) is 24.5 Å². The number of piperidine rings is 1. The van der Waals surface area contributed by atoms with Crippen LogP contribution in [0.15, 0.2) is 42.5 Å². The SMILES string of the molecule is Cc1ccc(N2C[C@H](C(=O)N3CCC(C(=O)Nc4ccc([N+](=O)[O-])cc4C)CC3)CC2=O)cc1. The summed E-state index contributed by atoms with van der Waals surface area (Å²) in [6, 6.07) is 12.0. The van der Waals surface area contributed by atoms with E-state index in [1.807, 2.05) is 31.2 Å². The Morgan fingerprint density at radius 3 is 2.32 bits per heavy atom. The van der Waals surface area contributed by atoms with Crippen LogP contribution in [-0.2, 0) is 14.4 Å². The van der Waals surface area contributed by atoms with E-state index in [1.165, 1.54) is 12.1 Å². The number of carbonyl (C=O) groups excluding carboxylic acids is 3. The van der Waals surface area contributed by atoms with Crippen LogP contribution >= 0.6 is 0 Å². The van der Waals surface area contributed by atoms with E-state index in [4.69, 9.17) is 0 Å². The number of hydrogen-bond acceptors (Lipinski definition) is 5. The van der Waals surface area contributed by atoms with Crippen molar-refractivity contribution in [3.63, 3.8) is 0 Å². The van der Waals surface area contributed by atoms with Crippen LogP contribution in [0.4, 0.5) is 17.1 Å². The zero-order valence-corrected chi connectivity index (χ0v) is 19.3. The summed E-state index contributed by atoms with van der Waals surface area (Å²) < 4.78 is 0. The number of nitrogens with zero attached hydrogens (tertiary/aromatic N) is 3. The molecule has 3 amide bonds. The molecular weight excluding hydrogens is 436 g/mol. The van der Waals surface area contributed by atoms with Gasteiger partial charge in [-0.25, -0.2) is 0 Å². The number of nitrogens with one attached hydrogen (secondary N) is 1. The maximum Gasteiger partial charge on any atom is 0.269 e. The minimum Gasteiger partial charge on any atom is -0.342 e. The molecule has 2 aromatic rings. The van der Waals surface area contributed by atoms with E-state index >= 15 is 0 Å². The third-order valence-corrected chi connectivity index (χ3v) is 6.68.